The molecule has 12 heteroatoms. The lowest BCUT2D eigenvalue weighted by molar-refractivity contribution is 0.102. The van der Waals surface area contributed by atoms with E-state index in [4.69, 9.17) is 18.9 Å². The average molecular weight is 655 g/mol. The van der Waals surface area contributed by atoms with Gasteiger partial charge in [-0.05, 0) is 74.5 Å². The molecule has 1 fully saturated rings. The van der Waals surface area contributed by atoms with E-state index in [1.807, 2.05) is 0 Å². The Hall–Kier alpha value is -5.49. The molecule has 7 rings (SSSR count). The number of halogens is 2. The lowest BCUT2D eigenvalue weighted by atomic mass is 10.1. The molecule has 0 aliphatic carbocycles. The van der Waals surface area contributed by atoms with Crippen molar-refractivity contribution in [2.45, 2.75) is 19.3 Å². The molecule has 0 unspecified atom stereocenters. The van der Waals surface area contributed by atoms with Crippen LogP contribution < -0.4 is 29.8 Å². The van der Waals surface area contributed by atoms with Gasteiger partial charge in [-0.15, -0.1) is 0 Å². The number of carbonyl (C=O) groups excluding carboxylic acids is 1. The summed E-state index contributed by atoms with van der Waals surface area (Å²) < 4.78 is 53.4. The summed E-state index contributed by atoms with van der Waals surface area (Å²) >= 11 is 0. The highest BCUT2D eigenvalue weighted by Gasteiger charge is 2.27. The third-order valence-corrected chi connectivity index (χ3v) is 8.45. The summed E-state index contributed by atoms with van der Waals surface area (Å²) in [5.41, 5.74) is 0.844. The first-order valence-electron chi connectivity index (χ1n) is 15.7. The van der Waals surface area contributed by atoms with Gasteiger partial charge < -0.3 is 24.3 Å². The molecule has 2 aliphatic heterocycles. The number of methoxy groups -OCH3 is 1. The number of likely N-dealkylation sites (tertiary alicyclic amines) is 1. The van der Waals surface area contributed by atoms with Crippen LogP contribution in [0.5, 0.6) is 28.7 Å². The lowest BCUT2D eigenvalue weighted by Gasteiger charge is -2.17. The van der Waals surface area contributed by atoms with Crippen molar-refractivity contribution in [3.8, 4) is 34.4 Å². The molecular formula is C36H32F2N4O6. The van der Waals surface area contributed by atoms with Crippen LogP contribution in [0.2, 0.25) is 0 Å². The zero-order chi connectivity index (χ0) is 33.2. The van der Waals surface area contributed by atoms with E-state index in [1.165, 1.54) is 53.8 Å². The molecule has 3 aromatic carbocycles. The summed E-state index contributed by atoms with van der Waals surface area (Å²) in [6.07, 6.45) is 6.04. The highest BCUT2D eigenvalue weighted by atomic mass is 19.1. The lowest BCUT2D eigenvalue weighted by Crippen LogP contribution is -2.29. The maximum absolute atomic E-state index is 15.4. The van der Waals surface area contributed by atoms with E-state index in [2.05, 4.69) is 15.2 Å². The molecule has 10 nitrogen and oxygen atoms in total. The number of aromatic nitrogens is 2. The van der Waals surface area contributed by atoms with Gasteiger partial charge in [-0.25, -0.2) is 8.78 Å². The first-order chi connectivity index (χ1) is 23.4. The molecule has 0 atom stereocenters. The predicted octanol–water partition coefficient (Wildman–Crippen LogP) is 6.13. The molecule has 0 saturated carbocycles. The van der Waals surface area contributed by atoms with Gasteiger partial charge in [0.1, 0.15) is 29.5 Å². The molecule has 1 amide bonds. The summed E-state index contributed by atoms with van der Waals surface area (Å²) in [5.74, 6) is -0.490. The van der Waals surface area contributed by atoms with Gasteiger partial charge in [-0.2, -0.15) is 0 Å². The quantitative estimate of drug-likeness (QED) is 0.192. The van der Waals surface area contributed by atoms with Crippen LogP contribution in [-0.4, -0.2) is 60.3 Å². The van der Waals surface area contributed by atoms with Gasteiger partial charge in [0, 0.05) is 59.8 Å². The number of anilines is 1. The summed E-state index contributed by atoms with van der Waals surface area (Å²) in [7, 11) is 1.55. The second-order valence-corrected chi connectivity index (χ2v) is 11.5. The van der Waals surface area contributed by atoms with Crippen molar-refractivity contribution in [1.29, 1.82) is 0 Å². The maximum Gasteiger partial charge on any atom is 0.271 e. The molecule has 1 saturated heterocycles. The predicted molar refractivity (Wildman–Crippen MR) is 175 cm³/mol. The number of hydrogen-bond acceptors (Lipinski definition) is 8. The SMILES string of the molecule is COc1cc2c(Oc3ccc(NC(=O)c4c5c(cn(-c6ccc(F)cc6)c4=O)CCO5)cc3F)ccnc2cc1OCCN1CCCC1. The Kier molecular flexibility index (Phi) is 8.64. The highest BCUT2D eigenvalue weighted by molar-refractivity contribution is 6.06. The van der Waals surface area contributed by atoms with E-state index < -0.39 is 23.1 Å². The average Bonchev–Trinajstić information content (AvgIpc) is 3.78. The number of benzene rings is 3. The number of nitrogens with zero attached hydrogens (tertiary/aromatic N) is 3. The van der Waals surface area contributed by atoms with Crippen molar-refractivity contribution in [1.82, 2.24) is 14.5 Å². The number of fused-ring (bicyclic) bond motifs is 2. The van der Waals surface area contributed by atoms with Gasteiger partial charge in [0.2, 0.25) is 0 Å². The summed E-state index contributed by atoms with van der Waals surface area (Å²) in [5, 5.41) is 3.19. The van der Waals surface area contributed by atoms with Crippen LogP contribution >= 0.6 is 0 Å². The van der Waals surface area contributed by atoms with E-state index in [-0.39, 0.29) is 22.7 Å². The van der Waals surface area contributed by atoms with Crippen LogP contribution in [0.3, 0.4) is 0 Å². The fraction of sp³-hybridized carbons (Fsp3) is 0.250. The van der Waals surface area contributed by atoms with Crippen molar-refractivity contribution >= 4 is 22.5 Å². The van der Waals surface area contributed by atoms with Crippen molar-refractivity contribution in [2.24, 2.45) is 0 Å². The largest absolute Gasteiger partial charge is 0.493 e. The molecule has 1 N–H and O–H groups in total. The van der Waals surface area contributed by atoms with Crippen molar-refractivity contribution in [2.75, 3.05) is 45.3 Å². The van der Waals surface area contributed by atoms with Gasteiger partial charge in [0.25, 0.3) is 11.5 Å². The summed E-state index contributed by atoms with van der Waals surface area (Å²) in [6.45, 7) is 3.78. The van der Waals surface area contributed by atoms with E-state index in [0.29, 0.717) is 59.0 Å². The van der Waals surface area contributed by atoms with E-state index >= 15 is 4.39 Å². The number of ether oxygens (including phenoxy) is 4. The standard InChI is InChI=1S/C36H32F2N4O6/c1-45-31-19-26-28(20-32(31)46-17-15-41-13-2-3-14-41)39-12-10-29(26)48-30-9-6-24(18-27(30)38)40-35(43)33-34-22(11-16-47-34)21-42(36(33)44)25-7-4-23(37)5-8-25/h4-10,12,18-21H,2-3,11,13-17H2,1H3,(H,40,43). The van der Waals surface area contributed by atoms with Gasteiger partial charge >= 0.3 is 0 Å². The van der Waals surface area contributed by atoms with Gasteiger partial charge in [-0.1, -0.05) is 0 Å². The Morgan fingerprint density at radius 3 is 2.56 bits per heavy atom. The van der Waals surface area contributed by atoms with E-state index in [1.54, 1.807) is 37.7 Å². The summed E-state index contributed by atoms with van der Waals surface area (Å²) in [6, 6.07) is 14.4. The number of amides is 1. The maximum atomic E-state index is 15.4. The fourth-order valence-electron chi connectivity index (χ4n) is 6.01. The first kappa shape index (κ1) is 31.1. The first-order valence-corrected chi connectivity index (χ1v) is 15.7. The smallest absolute Gasteiger partial charge is 0.271 e. The third kappa shape index (κ3) is 6.26. The van der Waals surface area contributed by atoms with Crippen molar-refractivity contribution < 1.29 is 32.5 Å². The summed E-state index contributed by atoms with van der Waals surface area (Å²) in [4.78, 5) is 33.7. The van der Waals surface area contributed by atoms with Crippen molar-refractivity contribution in [3.05, 3.63) is 106 Å². The minimum absolute atomic E-state index is 0.0898. The molecule has 246 valence electrons. The Labute approximate surface area is 274 Å². The Morgan fingerprint density at radius 1 is 0.979 bits per heavy atom. The third-order valence-electron chi connectivity index (χ3n) is 8.45. The molecule has 0 spiro atoms. The monoisotopic (exact) mass is 654 g/mol. The van der Waals surface area contributed by atoms with E-state index in [0.717, 1.165) is 25.7 Å². The minimum Gasteiger partial charge on any atom is -0.493 e. The van der Waals surface area contributed by atoms with Crippen LogP contribution in [0.15, 0.2) is 77.9 Å². The van der Waals surface area contributed by atoms with Gasteiger partial charge in [-0.3, -0.25) is 24.0 Å². The fourth-order valence-corrected chi connectivity index (χ4v) is 6.01. The highest BCUT2D eigenvalue weighted by Crippen LogP contribution is 2.38. The normalized spacial score (nSPS) is 14.1. The molecule has 2 aliphatic rings. The van der Waals surface area contributed by atoms with Gasteiger partial charge in [0.15, 0.2) is 23.1 Å². The Balaban J connectivity index is 1.10. The second kappa shape index (κ2) is 13.3. The second-order valence-electron chi connectivity index (χ2n) is 11.5. The minimum atomic E-state index is -0.770. The molecule has 0 bridgehead atoms. The Morgan fingerprint density at radius 2 is 1.79 bits per heavy atom. The molecule has 5 aromatic rings. The molecule has 48 heavy (non-hydrogen) atoms. The molecule has 0 radical (unpaired) electrons. The molecule has 2 aromatic heterocycles. The number of carbonyl (C=O) groups is 1. The zero-order valence-electron chi connectivity index (χ0n) is 26.1. The number of pyridine rings is 2. The Bertz CT molecular complexity index is 2060. The zero-order valence-corrected chi connectivity index (χ0v) is 26.1. The molecule has 4 heterocycles. The van der Waals surface area contributed by atoms with Crippen LogP contribution in [-0.2, 0) is 6.42 Å². The van der Waals surface area contributed by atoms with Crippen LogP contribution in [0.4, 0.5) is 14.5 Å². The van der Waals surface area contributed by atoms with Crippen LogP contribution in [0, 0.1) is 11.6 Å². The van der Waals surface area contributed by atoms with E-state index in [9.17, 15) is 14.0 Å². The topological polar surface area (TPSA) is 104 Å². The number of hydrogen-bond donors (Lipinski definition) is 1. The number of nitrogens with one attached hydrogen (secondary N) is 1. The molecular weight excluding hydrogens is 622 g/mol. The van der Waals surface area contributed by atoms with Crippen LogP contribution in [0.25, 0.3) is 16.6 Å². The van der Waals surface area contributed by atoms with Crippen molar-refractivity contribution in [3.63, 3.8) is 0 Å². The van der Waals surface area contributed by atoms with Crippen LogP contribution in [0.1, 0.15) is 28.8 Å². The number of rotatable bonds is 10. The van der Waals surface area contributed by atoms with Gasteiger partial charge in [0.05, 0.1) is 19.2 Å².